The summed E-state index contributed by atoms with van der Waals surface area (Å²) < 4.78 is 5.79. The number of carbonyl (C=O) groups excluding carboxylic acids is 2. The average Bonchev–Trinajstić information content (AvgIpc) is 3.36. The molecule has 166 valence electrons. The van der Waals surface area contributed by atoms with E-state index in [1.165, 1.54) is 21.8 Å². The van der Waals surface area contributed by atoms with E-state index in [4.69, 9.17) is 4.74 Å². The largest absolute Gasteiger partial charge is 0.486 e. The van der Waals surface area contributed by atoms with E-state index < -0.39 is 11.6 Å². The molecular weight excluding hydrogens is 434 g/mol. The summed E-state index contributed by atoms with van der Waals surface area (Å²) in [4.78, 5) is 32.0. The van der Waals surface area contributed by atoms with Crippen LogP contribution in [0.15, 0.2) is 72.1 Å². The predicted octanol–water partition coefficient (Wildman–Crippen LogP) is 5.15. The third kappa shape index (κ3) is 3.96. The van der Waals surface area contributed by atoms with Crippen LogP contribution in [0.5, 0.6) is 5.75 Å². The molecule has 1 aliphatic heterocycles. The number of hydrogen-bond donors (Lipinski definition) is 1. The van der Waals surface area contributed by atoms with Gasteiger partial charge in [0, 0.05) is 5.38 Å². The molecule has 0 radical (unpaired) electrons. The van der Waals surface area contributed by atoms with Crippen LogP contribution in [0, 0.1) is 6.92 Å². The molecule has 2 heterocycles. The molecule has 1 N–H and O–H groups in total. The Morgan fingerprint density at radius 1 is 1.03 bits per heavy atom. The van der Waals surface area contributed by atoms with E-state index in [9.17, 15) is 9.59 Å². The number of rotatable bonds is 6. The number of nitrogens with zero attached hydrogens (tertiary/aromatic N) is 2. The molecule has 3 aromatic carbocycles. The van der Waals surface area contributed by atoms with Crippen molar-refractivity contribution >= 4 is 34.0 Å². The zero-order chi connectivity index (χ0) is 23.0. The van der Waals surface area contributed by atoms with Gasteiger partial charge in [0.15, 0.2) is 0 Å². The Morgan fingerprint density at radius 2 is 1.79 bits per heavy atom. The second-order valence-corrected chi connectivity index (χ2v) is 9.25. The number of aryl methyl sites for hydroxylation is 1. The van der Waals surface area contributed by atoms with Crippen LogP contribution in [0.25, 0.3) is 10.8 Å². The maximum Gasteiger partial charge on any atom is 0.325 e. The molecule has 0 saturated carbocycles. The Balaban J connectivity index is 1.32. The van der Waals surface area contributed by atoms with Gasteiger partial charge in [-0.3, -0.25) is 9.69 Å². The summed E-state index contributed by atoms with van der Waals surface area (Å²) >= 11 is 1.45. The van der Waals surface area contributed by atoms with E-state index in [2.05, 4.69) is 10.3 Å². The molecule has 4 aromatic rings. The van der Waals surface area contributed by atoms with Gasteiger partial charge in [0.2, 0.25) is 0 Å². The lowest BCUT2D eigenvalue weighted by molar-refractivity contribution is -0.131. The number of hydrogen-bond acceptors (Lipinski definition) is 5. The molecule has 0 spiro atoms. The monoisotopic (exact) mass is 457 g/mol. The summed E-state index contributed by atoms with van der Waals surface area (Å²) in [5.74, 6) is 0.492. The number of amides is 3. The maximum absolute atomic E-state index is 13.4. The summed E-state index contributed by atoms with van der Waals surface area (Å²) in [6, 6.07) is 21.1. The van der Waals surface area contributed by atoms with E-state index in [1.807, 2.05) is 79.0 Å². The number of carbonyl (C=O) groups is 2. The summed E-state index contributed by atoms with van der Waals surface area (Å²) in [6.07, 6.45) is 0. The number of aromatic nitrogens is 1. The van der Waals surface area contributed by atoms with Crippen molar-refractivity contribution in [3.05, 3.63) is 93.9 Å². The third-order valence-electron chi connectivity index (χ3n) is 5.91. The highest BCUT2D eigenvalue weighted by atomic mass is 32.1. The van der Waals surface area contributed by atoms with Crippen molar-refractivity contribution in [2.24, 2.45) is 0 Å². The van der Waals surface area contributed by atoms with Crippen molar-refractivity contribution in [3.8, 4) is 5.75 Å². The van der Waals surface area contributed by atoms with Gasteiger partial charge in [0.05, 0.1) is 12.2 Å². The molecular formula is C26H23N3O3S. The van der Waals surface area contributed by atoms with E-state index in [-0.39, 0.29) is 12.5 Å². The number of benzene rings is 3. The second kappa shape index (κ2) is 8.33. The fourth-order valence-electron chi connectivity index (χ4n) is 4.11. The minimum Gasteiger partial charge on any atom is -0.486 e. The van der Waals surface area contributed by atoms with Gasteiger partial charge in [-0.2, -0.15) is 0 Å². The first kappa shape index (κ1) is 21.2. The van der Waals surface area contributed by atoms with Crippen molar-refractivity contribution in [3.63, 3.8) is 0 Å². The highest BCUT2D eigenvalue weighted by Gasteiger charge is 2.49. The summed E-state index contributed by atoms with van der Waals surface area (Å²) in [7, 11) is 0. The molecule has 3 amide bonds. The van der Waals surface area contributed by atoms with Crippen LogP contribution in [0.1, 0.15) is 28.8 Å². The van der Waals surface area contributed by atoms with Crippen LogP contribution in [0.4, 0.5) is 4.79 Å². The Kier molecular flexibility index (Phi) is 5.34. The van der Waals surface area contributed by atoms with Gasteiger partial charge in [0.25, 0.3) is 5.91 Å². The molecule has 0 aliphatic carbocycles. The standard InChI is InChI=1S/C26H23N3O3S/c1-17-10-12-20(13-11-17)32-15-23-27-19(16-33-23)14-29-24(30)26(2,28-25(29)31)22-9-5-7-18-6-3-4-8-21(18)22/h3-13,16H,14-15H2,1-2H3,(H,28,31). The first-order chi connectivity index (χ1) is 15.9. The van der Waals surface area contributed by atoms with Gasteiger partial charge in [0.1, 0.15) is 22.9 Å². The Morgan fingerprint density at radius 3 is 2.61 bits per heavy atom. The van der Waals surface area contributed by atoms with Crippen molar-refractivity contribution in [2.75, 3.05) is 0 Å². The smallest absolute Gasteiger partial charge is 0.325 e. The van der Waals surface area contributed by atoms with E-state index in [1.54, 1.807) is 6.92 Å². The van der Waals surface area contributed by atoms with Gasteiger partial charge in [-0.15, -0.1) is 11.3 Å². The highest BCUT2D eigenvalue weighted by Crippen LogP contribution is 2.34. The predicted molar refractivity (Wildman–Crippen MR) is 128 cm³/mol. The summed E-state index contributed by atoms with van der Waals surface area (Å²) in [5.41, 5.74) is 1.48. The molecule has 1 unspecified atom stereocenters. The van der Waals surface area contributed by atoms with Crippen LogP contribution in [0.2, 0.25) is 0 Å². The zero-order valence-corrected chi connectivity index (χ0v) is 19.2. The van der Waals surface area contributed by atoms with E-state index in [0.717, 1.165) is 27.1 Å². The molecule has 1 saturated heterocycles. The topological polar surface area (TPSA) is 71.5 Å². The third-order valence-corrected chi connectivity index (χ3v) is 6.78. The van der Waals surface area contributed by atoms with Crippen LogP contribution in [-0.2, 0) is 23.5 Å². The fourth-order valence-corrected chi connectivity index (χ4v) is 4.81. The van der Waals surface area contributed by atoms with Crippen LogP contribution < -0.4 is 10.1 Å². The average molecular weight is 458 g/mol. The van der Waals surface area contributed by atoms with Gasteiger partial charge in [-0.25, -0.2) is 9.78 Å². The summed E-state index contributed by atoms with van der Waals surface area (Å²) in [6.45, 7) is 4.24. The SMILES string of the molecule is Cc1ccc(OCc2nc(CN3C(=O)NC(C)(c4cccc5ccccc45)C3=O)cs2)cc1. The van der Waals surface area contributed by atoms with Crippen LogP contribution in [-0.4, -0.2) is 21.8 Å². The minimum atomic E-state index is -1.13. The molecule has 6 nitrogen and oxygen atoms in total. The lowest BCUT2D eigenvalue weighted by Gasteiger charge is -2.24. The maximum atomic E-state index is 13.4. The number of ether oxygens (including phenoxy) is 1. The van der Waals surface area contributed by atoms with Gasteiger partial charge >= 0.3 is 6.03 Å². The van der Waals surface area contributed by atoms with Crippen LogP contribution in [0.3, 0.4) is 0 Å². The second-order valence-electron chi connectivity index (χ2n) is 8.31. The van der Waals surface area contributed by atoms with Crippen molar-refractivity contribution in [1.82, 2.24) is 15.2 Å². The molecule has 1 aromatic heterocycles. The number of imide groups is 1. The molecule has 1 fully saturated rings. The van der Waals surface area contributed by atoms with E-state index in [0.29, 0.717) is 12.3 Å². The van der Waals surface area contributed by atoms with Gasteiger partial charge in [-0.05, 0) is 42.3 Å². The van der Waals surface area contributed by atoms with Gasteiger partial charge in [-0.1, -0.05) is 60.2 Å². The summed E-state index contributed by atoms with van der Waals surface area (Å²) in [5, 5.41) is 7.52. The lowest BCUT2D eigenvalue weighted by atomic mass is 9.88. The molecule has 7 heteroatoms. The first-order valence-corrected chi connectivity index (χ1v) is 11.6. The minimum absolute atomic E-state index is 0.117. The van der Waals surface area contributed by atoms with Crippen molar-refractivity contribution in [1.29, 1.82) is 0 Å². The van der Waals surface area contributed by atoms with Crippen molar-refractivity contribution in [2.45, 2.75) is 32.5 Å². The Bertz CT molecular complexity index is 1340. The normalized spacial score (nSPS) is 18.1. The lowest BCUT2D eigenvalue weighted by Crippen LogP contribution is -2.41. The number of nitrogens with one attached hydrogen (secondary N) is 1. The molecule has 0 bridgehead atoms. The quantitative estimate of drug-likeness (QED) is 0.407. The first-order valence-electron chi connectivity index (χ1n) is 10.7. The molecule has 5 rings (SSSR count). The number of urea groups is 1. The highest BCUT2D eigenvalue weighted by molar-refractivity contribution is 7.09. The Labute approximate surface area is 195 Å². The Hall–Kier alpha value is -3.71. The molecule has 1 atom stereocenters. The van der Waals surface area contributed by atoms with Crippen LogP contribution >= 0.6 is 11.3 Å². The van der Waals surface area contributed by atoms with E-state index >= 15 is 0 Å². The van der Waals surface area contributed by atoms with Gasteiger partial charge < -0.3 is 10.1 Å². The molecule has 1 aliphatic rings. The zero-order valence-electron chi connectivity index (χ0n) is 18.4. The number of fused-ring (bicyclic) bond motifs is 1. The molecule has 33 heavy (non-hydrogen) atoms. The fraction of sp³-hybridized carbons (Fsp3) is 0.192. The van der Waals surface area contributed by atoms with Crippen molar-refractivity contribution < 1.29 is 14.3 Å². The number of thiazole rings is 1.